The molecule has 1 N–H and O–H groups in total. The van der Waals surface area contributed by atoms with Gasteiger partial charge < -0.3 is 10.2 Å². The van der Waals surface area contributed by atoms with Gasteiger partial charge in [0.05, 0.1) is 22.5 Å². The van der Waals surface area contributed by atoms with E-state index < -0.39 is 56.9 Å². The van der Waals surface area contributed by atoms with E-state index in [0.717, 1.165) is 23.3 Å². The Morgan fingerprint density at radius 2 is 1.61 bits per heavy atom. The summed E-state index contributed by atoms with van der Waals surface area (Å²) in [5.74, 6) is -1.42. The number of hydrogen-bond donors (Lipinski definition) is 1. The maximum atomic E-state index is 13.9. The van der Waals surface area contributed by atoms with Crippen molar-refractivity contribution in [2.75, 3.05) is 24.2 Å². The highest BCUT2D eigenvalue weighted by molar-refractivity contribution is 7.92. The Morgan fingerprint density at radius 3 is 2.17 bits per heavy atom. The van der Waals surface area contributed by atoms with Crippen molar-refractivity contribution < 1.29 is 31.2 Å². The molecule has 0 unspecified atom stereocenters. The van der Waals surface area contributed by atoms with Gasteiger partial charge in [0.15, 0.2) is 0 Å². The minimum absolute atomic E-state index is 0.0511. The average Bonchev–Trinajstić information content (AvgIpc) is 2.89. The Morgan fingerprint density at radius 1 is 0.951 bits per heavy atom. The number of carbonyl (C=O) groups excluding carboxylic acids is 2. The number of nitrogens with one attached hydrogen (secondary N) is 1. The molecule has 7 nitrogen and oxygen atoms in total. The molecular weight excluding hydrogens is 626 g/mol. The van der Waals surface area contributed by atoms with Crippen LogP contribution in [0.1, 0.15) is 16.7 Å². The normalized spacial score (nSPS) is 12.5. The molecule has 3 rings (SSSR count). The third kappa shape index (κ3) is 8.51. The third-order valence-corrected chi connectivity index (χ3v) is 8.15. The van der Waals surface area contributed by atoms with Crippen LogP contribution in [0.3, 0.4) is 0 Å². The average molecular weight is 651 g/mol. The number of likely N-dealkylation sites (N-methyl/N-ethyl adjacent to an activating group) is 1. The number of rotatable bonds is 10. The van der Waals surface area contributed by atoms with Crippen LogP contribution in [0.5, 0.6) is 0 Å². The highest BCUT2D eigenvalue weighted by Gasteiger charge is 2.36. The Labute approximate surface area is 250 Å². The molecule has 0 radical (unpaired) electrons. The van der Waals surface area contributed by atoms with Gasteiger partial charge in [-0.2, -0.15) is 13.2 Å². The van der Waals surface area contributed by atoms with E-state index in [2.05, 4.69) is 5.32 Å². The molecule has 0 fully saturated rings. The molecule has 0 saturated carbocycles. The number of sulfonamides is 1. The van der Waals surface area contributed by atoms with Crippen molar-refractivity contribution in [3.8, 4) is 0 Å². The summed E-state index contributed by atoms with van der Waals surface area (Å²) in [6.07, 6.45) is -4.07. The van der Waals surface area contributed by atoms with Crippen LogP contribution in [0.4, 0.5) is 18.9 Å². The summed E-state index contributed by atoms with van der Waals surface area (Å²) in [4.78, 5) is 28.1. The Balaban J connectivity index is 2.10. The fourth-order valence-electron chi connectivity index (χ4n) is 4.05. The predicted octanol–water partition coefficient (Wildman–Crippen LogP) is 5.82. The third-order valence-electron chi connectivity index (χ3n) is 6.10. The molecule has 0 aliphatic heterocycles. The lowest BCUT2D eigenvalue weighted by atomic mass is 10.0. The zero-order valence-corrected chi connectivity index (χ0v) is 24.8. The van der Waals surface area contributed by atoms with Crippen molar-refractivity contribution in [1.82, 2.24) is 10.2 Å². The standard InChI is InChI=1S/C27H25Cl3F3N3O4S/c1-34-26(38)24(12-17-6-4-3-5-7-17)35(15-18-8-9-19(28)13-23(18)30)25(37)16-36(41(2,39)40)20-10-11-22(29)21(14-20)27(31,32)33/h3-11,13-14,24H,12,15-16H2,1-2H3,(H,34,38)/t24-/m1/s1. The van der Waals surface area contributed by atoms with Gasteiger partial charge in [-0.3, -0.25) is 13.9 Å². The van der Waals surface area contributed by atoms with Crippen LogP contribution in [0.25, 0.3) is 0 Å². The number of anilines is 1. The first-order valence-electron chi connectivity index (χ1n) is 11.9. The van der Waals surface area contributed by atoms with Crippen LogP contribution < -0.4 is 9.62 Å². The van der Waals surface area contributed by atoms with E-state index >= 15 is 0 Å². The van der Waals surface area contributed by atoms with Gasteiger partial charge in [0.1, 0.15) is 12.6 Å². The van der Waals surface area contributed by atoms with Crippen LogP contribution in [0, 0.1) is 0 Å². The highest BCUT2D eigenvalue weighted by atomic mass is 35.5. The summed E-state index contributed by atoms with van der Waals surface area (Å²) in [5, 5.41) is 2.40. The molecular formula is C27H25Cl3F3N3O4S. The number of benzene rings is 3. The maximum absolute atomic E-state index is 13.9. The summed E-state index contributed by atoms with van der Waals surface area (Å²) < 4.78 is 66.7. The minimum atomic E-state index is -4.88. The Bertz CT molecular complexity index is 1520. The highest BCUT2D eigenvalue weighted by Crippen LogP contribution is 2.37. The van der Waals surface area contributed by atoms with Gasteiger partial charge in [-0.1, -0.05) is 71.2 Å². The first kappa shape index (κ1) is 32.5. The molecule has 0 aliphatic rings. The molecule has 2 amide bonds. The predicted molar refractivity (Wildman–Crippen MR) is 154 cm³/mol. The maximum Gasteiger partial charge on any atom is 0.417 e. The van der Waals surface area contributed by atoms with Crippen LogP contribution in [0.2, 0.25) is 15.1 Å². The van der Waals surface area contributed by atoms with Crippen molar-refractivity contribution in [2.24, 2.45) is 0 Å². The number of alkyl halides is 3. The van der Waals surface area contributed by atoms with Crippen molar-refractivity contribution >= 4 is 62.3 Å². The van der Waals surface area contributed by atoms with Crippen LogP contribution in [-0.4, -0.2) is 51.0 Å². The topological polar surface area (TPSA) is 86.8 Å². The van der Waals surface area contributed by atoms with Gasteiger partial charge in [0, 0.05) is 30.1 Å². The van der Waals surface area contributed by atoms with Gasteiger partial charge >= 0.3 is 6.18 Å². The molecule has 220 valence electrons. The van der Waals surface area contributed by atoms with E-state index in [4.69, 9.17) is 34.8 Å². The second kappa shape index (κ2) is 13.3. The van der Waals surface area contributed by atoms with Crippen molar-refractivity contribution in [3.05, 3.63) is 98.5 Å². The summed E-state index contributed by atoms with van der Waals surface area (Å²) in [7, 11) is -2.90. The number of hydrogen-bond acceptors (Lipinski definition) is 4. The smallest absolute Gasteiger partial charge is 0.357 e. The molecule has 1 atom stereocenters. The fourth-order valence-corrected chi connectivity index (χ4v) is 5.59. The Kier molecular flexibility index (Phi) is 10.6. The van der Waals surface area contributed by atoms with Crippen LogP contribution >= 0.6 is 34.8 Å². The SMILES string of the molecule is CNC(=O)[C@@H](Cc1ccccc1)N(Cc1ccc(Cl)cc1Cl)C(=O)CN(c1ccc(Cl)c(C(F)(F)F)c1)S(C)(=O)=O. The lowest BCUT2D eigenvalue weighted by molar-refractivity contribution is -0.139. The molecule has 14 heteroatoms. The molecule has 3 aromatic rings. The van der Waals surface area contributed by atoms with Gasteiger partial charge in [-0.05, 0) is 41.5 Å². The van der Waals surface area contributed by atoms with Crippen molar-refractivity contribution in [1.29, 1.82) is 0 Å². The zero-order valence-electron chi connectivity index (χ0n) is 21.8. The summed E-state index contributed by atoms with van der Waals surface area (Å²) >= 11 is 18.1. The van der Waals surface area contributed by atoms with E-state index in [-0.39, 0.29) is 18.0 Å². The monoisotopic (exact) mass is 649 g/mol. The number of nitrogens with zero attached hydrogens (tertiary/aromatic N) is 2. The van der Waals surface area contributed by atoms with E-state index in [1.54, 1.807) is 36.4 Å². The van der Waals surface area contributed by atoms with E-state index in [9.17, 15) is 31.2 Å². The second-order valence-corrected chi connectivity index (χ2v) is 12.2. The Hall–Kier alpha value is -2.99. The number of halogens is 6. The molecule has 0 aliphatic carbocycles. The van der Waals surface area contributed by atoms with Gasteiger partial charge in [-0.25, -0.2) is 8.42 Å². The molecule has 0 saturated heterocycles. The summed E-state index contributed by atoms with van der Waals surface area (Å²) in [5.41, 5.74) is -0.590. The molecule has 0 spiro atoms. The molecule has 0 bridgehead atoms. The first-order valence-corrected chi connectivity index (χ1v) is 14.9. The molecule has 3 aromatic carbocycles. The minimum Gasteiger partial charge on any atom is -0.357 e. The van der Waals surface area contributed by atoms with E-state index in [1.165, 1.54) is 19.2 Å². The van der Waals surface area contributed by atoms with Gasteiger partial charge in [0.2, 0.25) is 21.8 Å². The second-order valence-electron chi connectivity index (χ2n) is 9.01. The fraction of sp³-hybridized carbons (Fsp3) is 0.259. The van der Waals surface area contributed by atoms with E-state index in [1.807, 2.05) is 0 Å². The first-order chi connectivity index (χ1) is 19.1. The molecule has 0 aromatic heterocycles. The number of amides is 2. The van der Waals surface area contributed by atoms with Crippen molar-refractivity contribution in [2.45, 2.75) is 25.2 Å². The lowest BCUT2D eigenvalue weighted by Gasteiger charge is -2.33. The number of carbonyl (C=O) groups is 2. The largest absolute Gasteiger partial charge is 0.417 e. The quantitative estimate of drug-likeness (QED) is 0.300. The zero-order chi connectivity index (χ0) is 30.5. The van der Waals surface area contributed by atoms with Crippen LogP contribution in [-0.2, 0) is 38.8 Å². The molecule has 41 heavy (non-hydrogen) atoms. The summed E-state index contributed by atoms with van der Waals surface area (Å²) in [6.45, 7) is -1.14. The van der Waals surface area contributed by atoms with Gasteiger partial charge in [0.25, 0.3) is 0 Å². The molecule has 0 heterocycles. The van der Waals surface area contributed by atoms with Gasteiger partial charge in [-0.15, -0.1) is 0 Å². The van der Waals surface area contributed by atoms with Crippen LogP contribution in [0.15, 0.2) is 66.7 Å². The lowest BCUT2D eigenvalue weighted by Crippen LogP contribution is -2.53. The van der Waals surface area contributed by atoms with E-state index in [0.29, 0.717) is 26.5 Å². The van der Waals surface area contributed by atoms with Crippen molar-refractivity contribution in [3.63, 3.8) is 0 Å². The summed E-state index contributed by atoms with van der Waals surface area (Å²) in [6, 6.07) is 14.7.